The van der Waals surface area contributed by atoms with E-state index in [-0.39, 0.29) is 6.54 Å². The number of nitrogens with zero attached hydrogens (tertiary/aromatic N) is 2. The van der Waals surface area contributed by atoms with Crippen LogP contribution in [0.15, 0.2) is 24.3 Å². The first kappa shape index (κ1) is 15.2. The zero-order chi connectivity index (χ0) is 14.6. The normalized spacial score (nSPS) is 16.5. The van der Waals surface area contributed by atoms with Crippen LogP contribution in [0.5, 0.6) is 0 Å². The Kier molecular flexibility index (Phi) is 4.95. The molecule has 1 aliphatic heterocycles. The van der Waals surface area contributed by atoms with Crippen molar-refractivity contribution >= 4 is 15.9 Å². The van der Waals surface area contributed by atoms with Crippen LogP contribution >= 0.6 is 0 Å². The van der Waals surface area contributed by atoms with E-state index in [0.717, 1.165) is 12.8 Å². The third-order valence-corrected chi connectivity index (χ3v) is 5.30. The summed E-state index contributed by atoms with van der Waals surface area (Å²) in [6, 6.07) is 5.66. The second-order valence-electron chi connectivity index (χ2n) is 4.81. The van der Waals surface area contributed by atoms with Crippen LogP contribution in [-0.4, -0.2) is 38.9 Å². The highest BCUT2D eigenvalue weighted by atomic mass is 32.2. The third kappa shape index (κ3) is 3.28. The molecule has 1 saturated heterocycles. The maximum Gasteiger partial charge on any atom is 0.304 e. The summed E-state index contributed by atoms with van der Waals surface area (Å²) in [5, 5.41) is 0. The SMILES string of the molecule is NCCCN(c1cccc(F)c1)S(=O)(=O)N1CCCC1. The van der Waals surface area contributed by atoms with Crippen molar-refractivity contribution in [3.05, 3.63) is 30.1 Å². The van der Waals surface area contributed by atoms with Crippen LogP contribution in [-0.2, 0) is 10.2 Å². The number of hydrogen-bond acceptors (Lipinski definition) is 3. The molecule has 0 aromatic heterocycles. The summed E-state index contributed by atoms with van der Waals surface area (Å²) < 4.78 is 41.3. The fourth-order valence-corrected chi connectivity index (χ4v) is 4.04. The van der Waals surface area contributed by atoms with Crippen molar-refractivity contribution in [2.75, 3.05) is 30.5 Å². The largest absolute Gasteiger partial charge is 0.330 e. The zero-order valence-corrected chi connectivity index (χ0v) is 12.2. The predicted octanol–water partition coefficient (Wildman–Crippen LogP) is 1.32. The molecule has 1 aliphatic rings. The van der Waals surface area contributed by atoms with Crippen molar-refractivity contribution in [3.63, 3.8) is 0 Å². The monoisotopic (exact) mass is 301 g/mol. The van der Waals surface area contributed by atoms with Crippen LogP contribution in [0.3, 0.4) is 0 Å². The Bertz CT molecular complexity index is 544. The molecule has 0 atom stereocenters. The molecule has 1 aromatic carbocycles. The number of nitrogens with two attached hydrogens (primary N) is 1. The number of halogens is 1. The first-order valence-corrected chi connectivity index (χ1v) is 8.19. The van der Waals surface area contributed by atoms with Gasteiger partial charge in [-0.05, 0) is 44.0 Å². The molecule has 0 unspecified atom stereocenters. The highest BCUT2D eigenvalue weighted by Gasteiger charge is 2.31. The molecule has 112 valence electrons. The van der Waals surface area contributed by atoms with Crippen molar-refractivity contribution in [2.24, 2.45) is 5.73 Å². The molecule has 20 heavy (non-hydrogen) atoms. The van der Waals surface area contributed by atoms with E-state index in [1.54, 1.807) is 6.07 Å². The molecule has 2 rings (SSSR count). The van der Waals surface area contributed by atoms with Gasteiger partial charge in [-0.2, -0.15) is 12.7 Å². The summed E-state index contributed by atoms with van der Waals surface area (Å²) in [4.78, 5) is 0. The van der Waals surface area contributed by atoms with Gasteiger partial charge in [-0.25, -0.2) is 4.39 Å². The topological polar surface area (TPSA) is 66.6 Å². The number of hydrogen-bond donors (Lipinski definition) is 1. The van der Waals surface area contributed by atoms with E-state index in [1.165, 1.54) is 26.8 Å². The van der Waals surface area contributed by atoms with Crippen LogP contribution in [0.1, 0.15) is 19.3 Å². The highest BCUT2D eigenvalue weighted by molar-refractivity contribution is 7.90. The standard InChI is InChI=1S/C13H20FN3O2S/c14-12-5-3-6-13(11-12)17(10-4-7-15)20(18,19)16-8-1-2-9-16/h3,5-6,11H,1-2,4,7-10,15H2. The molecule has 7 heteroatoms. The molecule has 1 fully saturated rings. The van der Waals surface area contributed by atoms with Gasteiger partial charge in [0.2, 0.25) is 0 Å². The number of benzene rings is 1. The van der Waals surface area contributed by atoms with Gasteiger partial charge in [0.15, 0.2) is 0 Å². The quantitative estimate of drug-likeness (QED) is 0.862. The van der Waals surface area contributed by atoms with Crippen molar-refractivity contribution in [3.8, 4) is 0 Å². The van der Waals surface area contributed by atoms with E-state index in [0.29, 0.717) is 31.7 Å². The van der Waals surface area contributed by atoms with Crippen molar-refractivity contribution in [2.45, 2.75) is 19.3 Å². The van der Waals surface area contributed by atoms with Crippen LogP contribution in [0.25, 0.3) is 0 Å². The summed E-state index contributed by atoms with van der Waals surface area (Å²) in [5.41, 5.74) is 5.82. The summed E-state index contributed by atoms with van der Waals surface area (Å²) >= 11 is 0. The molecule has 0 spiro atoms. The van der Waals surface area contributed by atoms with Crippen LogP contribution in [0.2, 0.25) is 0 Å². The molecular weight excluding hydrogens is 281 g/mol. The van der Waals surface area contributed by atoms with Gasteiger partial charge in [-0.15, -0.1) is 0 Å². The van der Waals surface area contributed by atoms with E-state index in [4.69, 9.17) is 5.73 Å². The van der Waals surface area contributed by atoms with E-state index >= 15 is 0 Å². The fraction of sp³-hybridized carbons (Fsp3) is 0.538. The van der Waals surface area contributed by atoms with Gasteiger partial charge >= 0.3 is 10.2 Å². The lowest BCUT2D eigenvalue weighted by Crippen LogP contribution is -2.43. The molecular formula is C13H20FN3O2S. The Morgan fingerprint density at radius 2 is 2.00 bits per heavy atom. The lowest BCUT2D eigenvalue weighted by Gasteiger charge is -2.29. The van der Waals surface area contributed by atoms with Gasteiger partial charge in [-0.1, -0.05) is 6.07 Å². The molecule has 0 radical (unpaired) electrons. The lowest BCUT2D eigenvalue weighted by atomic mass is 10.3. The van der Waals surface area contributed by atoms with Gasteiger partial charge in [0, 0.05) is 19.6 Å². The van der Waals surface area contributed by atoms with Gasteiger partial charge in [0.25, 0.3) is 0 Å². The lowest BCUT2D eigenvalue weighted by molar-refractivity contribution is 0.472. The molecule has 0 aliphatic carbocycles. The molecule has 5 nitrogen and oxygen atoms in total. The smallest absolute Gasteiger partial charge is 0.304 e. The molecule has 2 N–H and O–H groups in total. The molecule has 1 heterocycles. The average Bonchev–Trinajstić information content (AvgIpc) is 2.93. The zero-order valence-electron chi connectivity index (χ0n) is 11.3. The Balaban J connectivity index is 2.31. The maximum atomic E-state index is 13.4. The molecule has 0 saturated carbocycles. The first-order valence-electron chi connectivity index (χ1n) is 6.79. The first-order chi connectivity index (χ1) is 9.55. The van der Waals surface area contributed by atoms with E-state index in [2.05, 4.69) is 0 Å². The van der Waals surface area contributed by atoms with Crippen molar-refractivity contribution < 1.29 is 12.8 Å². The second kappa shape index (κ2) is 6.51. The average molecular weight is 301 g/mol. The number of anilines is 1. The van der Waals surface area contributed by atoms with Gasteiger partial charge < -0.3 is 5.73 Å². The van der Waals surface area contributed by atoms with Gasteiger partial charge in [-0.3, -0.25) is 4.31 Å². The fourth-order valence-electron chi connectivity index (χ4n) is 2.30. The highest BCUT2D eigenvalue weighted by Crippen LogP contribution is 2.24. The molecule has 1 aromatic rings. The second-order valence-corrected chi connectivity index (χ2v) is 6.66. The van der Waals surface area contributed by atoms with Crippen LogP contribution in [0.4, 0.5) is 10.1 Å². The third-order valence-electron chi connectivity index (χ3n) is 3.33. The van der Waals surface area contributed by atoms with Crippen LogP contribution < -0.4 is 10.0 Å². The predicted molar refractivity (Wildman–Crippen MR) is 77.1 cm³/mol. The summed E-state index contributed by atoms with van der Waals surface area (Å²) in [5.74, 6) is -0.447. The van der Waals surface area contributed by atoms with Gasteiger partial charge in [0.1, 0.15) is 5.82 Å². The minimum absolute atomic E-state index is 0.263. The Hall–Kier alpha value is -1.18. The molecule has 0 bridgehead atoms. The van der Waals surface area contributed by atoms with Crippen LogP contribution in [0, 0.1) is 5.82 Å². The minimum Gasteiger partial charge on any atom is -0.330 e. The minimum atomic E-state index is -3.60. The Labute approximate surface area is 119 Å². The summed E-state index contributed by atoms with van der Waals surface area (Å²) in [6.07, 6.45) is 2.27. The van der Waals surface area contributed by atoms with Gasteiger partial charge in [0.05, 0.1) is 5.69 Å². The maximum absolute atomic E-state index is 13.4. The summed E-state index contributed by atoms with van der Waals surface area (Å²) in [7, 11) is -3.60. The summed E-state index contributed by atoms with van der Waals surface area (Å²) in [6.45, 7) is 1.70. The van der Waals surface area contributed by atoms with Crippen molar-refractivity contribution in [1.29, 1.82) is 0 Å². The van der Waals surface area contributed by atoms with E-state index in [9.17, 15) is 12.8 Å². The molecule has 0 amide bonds. The Morgan fingerprint density at radius 3 is 2.60 bits per heavy atom. The number of rotatable bonds is 6. The Morgan fingerprint density at radius 1 is 1.30 bits per heavy atom. The van der Waals surface area contributed by atoms with E-state index in [1.807, 2.05) is 0 Å². The van der Waals surface area contributed by atoms with E-state index < -0.39 is 16.0 Å². The van der Waals surface area contributed by atoms with Crippen molar-refractivity contribution in [1.82, 2.24) is 4.31 Å².